The minimum atomic E-state index is -0.419. The SMILES string of the molecule is CCCNC(=O)c1cccc(NC(=S)NC(=O)CCC(=O)OCCCc2ccccc2)c1. The van der Waals surface area contributed by atoms with Crippen LogP contribution in [0, 0.1) is 0 Å². The van der Waals surface area contributed by atoms with Gasteiger partial charge in [0.05, 0.1) is 13.0 Å². The number of benzene rings is 2. The number of carbonyl (C=O) groups is 3. The number of esters is 1. The smallest absolute Gasteiger partial charge is 0.306 e. The summed E-state index contributed by atoms with van der Waals surface area (Å²) in [4.78, 5) is 35.9. The molecule has 0 atom stereocenters. The van der Waals surface area contributed by atoms with Crippen molar-refractivity contribution < 1.29 is 19.1 Å². The lowest BCUT2D eigenvalue weighted by Gasteiger charge is -2.11. The topological polar surface area (TPSA) is 96.5 Å². The van der Waals surface area contributed by atoms with Gasteiger partial charge in [-0.15, -0.1) is 0 Å². The molecule has 32 heavy (non-hydrogen) atoms. The number of nitrogens with one attached hydrogen (secondary N) is 3. The highest BCUT2D eigenvalue weighted by atomic mass is 32.1. The zero-order valence-electron chi connectivity index (χ0n) is 18.2. The van der Waals surface area contributed by atoms with Crippen LogP contribution in [0.15, 0.2) is 54.6 Å². The summed E-state index contributed by atoms with van der Waals surface area (Å²) in [5.41, 5.74) is 2.26. The van der Waals surface area contributed by atoms with Crippen molar-refractivity contribution in [2.75, 3.05) is 18.5 Å². The quantitative estimate of drug-likeness (QED) is 0.272. The Balaban J connectivity index is 1.65. The fourth-order valence-corrected chi connectivity index (χ4v) is 3.06. The van der Waals surface area contributed by atoms with Crippen molar-refractivity contribution in [1.82, 2.24) is 10.6 Å². The first-order valence-corrected chi connectivity index (χ1v) is 11.1. The van der Waals surface area contributed by atoms with E-state index >= 15 is 0 Å². The predicted molar refractivity (Wildman–Crippen MR) is 128 cm³/mol. The highest BCUT2D eigenvalue weighted by Crippen LogP contribution is 2.11. The van der Waals surface area contributed by atoms with Gasteiger partial charge in [0.1, 0.15) is 0 Å². The van der Waals surface area contributed by atoms with Gasteiger partial charge in [-0.1, -0.05) is 43.3 Å². The summed E-state index contributed by atoms with van der Waals surface area (Å²) in [5, 5.41) is 8.30. The maximum absolute atomic E-state index is 12.0. The third kappa shape index (κ3) is 9.70. The molecule has 3 N–H and O–H groups in total. The van der Waals surface area contributed by atoms with E-state index in [0.29, 0.717) is 24.4 Å². The Kier molecular flexibility index (Phi) is 10.9. The number of hydrogen-bond acceptors (Lipinski definition) is 5. The number of rotatable bonds is 11. The van der Waals surface area contributed by atoms with E-state index < -0.39 is 5.97 Å². The van der Waals surface area contributed by atoms with Crippen LogP contribution in [0.3, 0.4) is 0 Å². The first-order chi connectivity index (χ1) is 15.5. The van der Waals surface area contributed by atoms with Crippen LogP contribution >= 0.6 is 12.2 Å². The van der Waals surface area contributed by atoms with Crippen LogP contribution in [0.1, 0.15) is 48.5 Å². The monoisotopic (exact) mass is 455 g/mol. The van der Waals surface area contributed by atoms with Crippen molar-refractivity contribution in [3.8, 4) is 0 Å². The molecule has 2 aromatic rings. The largest absolute Gasteiger partial charge is 0.466 e. The lowest BCUT2D eigenvalue weighted by Crippen LogP contribution is -2.34. The van der Waals surface area contributed by atoms with Crippen LogP contribution in [-0.4, -0.2) is 36.0 Å². The summed E-state index contributed by atoms with van der Waals surface area (Å²) in [6, 6.07) is 16.8. The van der Waals surface area contributed by atoms with E-state index in [1.807, 2.05) is 37.3 Å². The molecule has 0 spiro atoms. The molecule has 0 fully saturated rings. The molecule has 0 heterocycles. The first-order valence-electron chi connectivity index (χ1n) is 10.7. The second-order valence-electron chi connectivity index (χ2n) is 7.15. The summed E-state index contributed by atoms with van der Waals surface area (Å²) in [6.07, 6.45) is 2.36. The fourth-order valence-electron chi connectivity index (χ4n) is 2.82. The summed E-state index contributed by atoms with van der Waals surface area (Å²) >= 11 is 5.14. The van der Waals surface area contributed by atoms with Gasteiger partial charge in [0.2, 0.25) is 5.91 Å². The van der Waals surface area contributed by atoms with Gasteiger partial charge in [0.25, 0.3) is 5.91 Å². The highest BCUT2D eigenvalue weighted by molar-refractivity contribution is 7.80. The molecule has 2 amide bonds. The Morgan fingerprint density at radius 1 is 1.00 bits per heavy atom. The third-order valence-electron chi connectivity index (χ3n) is 4.44. The maximum atomic E-state index is 12.0. The van der Waals surface area contributed by atoms with Gasteiger partial charge in [-0.2, -0.15) is 0 Å². The average molecular weight is 456 g/mol. The average Bonchev–Trinajstić information content (AvgIpc) is 2.79. The van der Waals surface area contributed by atoms with Crippen LogP contribution in [0.2, 0.25) is 0 Å². The van der Waals surface area contributed by atoms with Gasteiger partial charge in [-0.05, 0) is 55.2 Å². The number of anilines is 1. The van der Waals surface area contributed by atoms with Gasteiger partial charge in [-0.3, -0.25) is 14.4 Å². The summed E-state index contributed by atoms with van der Waals surface area (Å²) in [5.74, 6) is -0.980. The molecule has 7 nitrogen and oxygen atoms in total. The van der Waals surface area contributed by atoms with E-state index in [-0.39, 0.29) is 29.8 Å². The lowest BCUT2D eigenvalue weighted by atomic mass is 10.1. The third-order valence-corrected chi connectivity index (χ3v) is 4.65. The molecule has 2 aromatic carbocycles. The molecule has 0 aliphatic rings. The number of amides is 2. The molecule has 0 aliphatic carbocycles. The van der Waals surface area contributed by atoms with Gasteiger partial charge < -0.3 is 20.7 Å². The lowest BCUT2D eigenvalue weighted by molar-refractivity contribution is -0.145. The van der Waals surface area contributed by atoms with Gasteiger partial charge in [0.15, 0.2) is 5.11 Å². The van der Waals surface area contributed by atoms with Crippen LogP contribution in [0.4, 0.5) is 5.69 Å². The van der Waals surface area contributed by atoms with Gasteiger partial charge in [0, 0.05) is 24.2 Å². The number of aryl methyl sites for hydroxylation is 1. The highest BCUT2D eigenvalue weighted by Gasteiger charge is 2.11. The van der Waals surface area contributed by atoms with E-state index in [0.717, 1.165) is 19.3 Å². The Bertz CT molecular complexity index is 918. The molecule has 8 heteroatoms. The molecule has 170 valence electrons. The van der Waals surface area contributed by atoms with E-state index in [1.165, 1.54) is 5.56 Å². The molecule has 2 rings (SSSR count). The minimum absolute atomic E-state index is 0.0210. The predicted octanol–water partition coefficient (Wildman–Crippen LogP) is 3.60. The Morgan fingerprint density at radius 2 is 1.78 bits per heavy atom. The minimum Gasteiger partial charge on any atom is -0.466 e. The van der Waals surface area contributed by atoms with Gasteiger partial charge in [-0.25, -0.2) is 0 Å². The number of ether oxygens (including phenoxy) is 1. The molecule has 0 bridgehead atoms. The van der Waals surface area contributed by atoms with E-state index in [2.05, 4.69) is 16.0 Å². The van der Waals surface area contributed by atoms with Crippen LogP contribution in [-0.2, 0) is 20.7 Å². The molecule has 0 radical (unpaired) electrons. The van der Waals surface area contributed by atoms with E-state index in [9.17, 15) is 14.4 Å². The first kappa shape index (κ1) is 25.0. The van der Waals surface area contributed by atoms with Crippen molar-refractivity contribution in [2.24, 2.45) is 0 Å². The molecular weight excluding hydrogens is 426 g/mol. The normalized spacial score (nSPS) is 10.2. The second-order valence-corrected chi connectivity index (χ2v) is 7.56. The van der Waals surface area contributed by atoms with Crippen molar-refractivity contribution in [2.45, 2.75) is 39.0 Å². The number of carbonyl (C=O) groups excluding carboxylic acids is 3. The molecular formula is C24H29N3O4S. The summed E-state index contributed by atoms with van der Waals surface area (Å²) in [6.45, 7) is 2.89. The standard InChI is InChI=1S/C24H29N3O4S/c1-2-15-25-23(30)19-11-6-12-20(17-19)26-24(32)27-21(28)13-14-22(29)31-16-7-10-18-8-4-3-5-9-18/h3-6,8-9,11-12,17H,2,7,10,13-16H2,1H3,(H,25,30)(H2,26,27,28,32). The van der Waals surface area contributed by atoms with Crippen LogP contribution in [0.25, 0.3) is 0 Å². The zero-order valence-corrected chi connectivity index (χ0v) is 19.0. The molecule has 0 saturated carbocycles. The number of hydrogen-bond donors (Lipinski definition) is 3. The Labute approximate surface area is 193 Å². The van der Waals surface area contributed by atoms with Crippen molar-refractivity contribution >= 4 is 40.8 Å². The van der Waals surface area contributed by atoms with Crippen molar-refractivity contribution in [3.05, 3.63) is 65.7 Å². The van der Waals surface area contributed by atoms with Crippen LogP contribution in [0.5, 0.6) is 0 Å². The molecule has 0 unspecified atom stereocenters. The maximum Gasteiger partial charge on any atom is 0.306 e. The Hall–Kier alpha value is -3.26. The van der Waals surface area contributed by atoms with Crippen molar-refractivity contribution in [1.29, 1.82) is 0 Å². The van der Waals surface area contributed by atoms with Crippen LogP contribution < -0.4 is 16.0 Å². The number of thiocarbonyl (C=S) groups is 1. The molecule has 0 saturated heterocycles. The summed E-state index contributed by atoms with van der Waals surface area (Å²) < 4.78 is 5.17. The molecule has 0 aliphatic heterocycles. The fraction of sp³-hybridized carbons (Fsp3) is 0.333. The van der Waals surface area contributed by atoms with E-state index in [1.54, 1.807) is 24.3 Å². The van der Waals surface area contributed by atoms with Crippen molar-refractivity contribution in [3.63, 3.8) is 0 Å². The summed E-state index contributed by atoms with van der Waals surface area (Å²) in [7, 11) is 0. The Morgan fingerprint density at radius 3 is 2.53 bits per heavy atom. The zero-order chi connectivity index (χ0) is 23.2. The van der Waals surface area contributed by atoms with E-state index in [4.69, 9.17) is 17.0 Å². The van der Waals surface area contributed by atoms with Gasteiger partial charge >= 0.3 is 5.97 Å². The second kappa shape index (κ2) is 13.9. The molecule has 0 aromatic heterocycles.